The van der Waals surface area contributed by atoms with Gasteiger partial charge in [0.2, 0.25) is 0 Å². The average Bonchev–Trinajstić information content (AvgIpc) is 2.94. The van der Waals surface area contributed by atoms with Crippen molar-refractivity contribution in [1.82, 2.24) is 9.88 Å². The number of aromatic nitrogens is 1. The minimum Gasteiger partial charge on any atom is -0.358 e. The molecular weight excluding hydrogens is 258 g/mol. The van der Waals surface area contributed by atoms with E-state index < -0.39 is 0 Å². The number of aromatic amines is 1. The van der Waals surface area contributed by atoms with Gasteiger partial charge in [0, 0.05) is 35.1 Å². The van der Waals surface area contributed by atoms with E-state index in [4.69, 9.17) is 5.73 Å². The SMILES string of the molecule is CCC(N)c1c(C2CN3CCC2CC3)[nH]c2ccccc12. The van der Waals surface area contributed by atoms with Gasteiger partial charge in [0.05, 0.1) is 0 Å². The van der Waals surface area contributed by atoms with Crippen molar-refractivity contribution in [3.8, 4) is 0 Å². The molecule has 1 aromatic carbocycles. The van der Waals surface area contributed by atoms with Crippen LogP contribution in [0.15, 0.2) is 24.3 Å². The lowest BCUT2D eigenvalue weighted by molar-refractivity contribution is 0.0852. The fourth-order valence-electron chi connectivity index (χ4n) is 4.37. The Morgan fingerprint density at radius 1 is 1.29 bits per heavy atom. The summed E-state index contributed by atoms with van der Waals surface area (Å²) in [5, 5.41) is 1.33. The van der Waals surface area contributed by atoms with Gasteiger partial charge >= 0.3 is 0 Å². The van der Waals surface area contributed by atoms with Crippen LogP contribution in [0.2, 0.25) is 0 Å². The Balaban J connectivity index is 1.84. The van der Waals surface area contributed by atoms with Crippen molar-refractivity contribution in [1.29, 1.82) is 0 Å². The smallest absolute Gasteiger partial charge is 0.0459 e. The van der Waals surface area contributed by atoms with Crippen molar-refractivity contribution in [2.45, 2.75) is 38.1 Å². The monoisotopic (exact) mass is 283 g/mol. The Hall–Kier alpha value is -1.32. The molecule has 3 fully saturated rings. The van der Waals surface area contributed by atoms with Gasteiger partial charge in [0.25, 0.3) is 0 Å². The second-order valence-electron chi connectivity index (χ2n) is 6.76. The molecule has 21 heavy (non-hydrogen) atoms. The van der Waals surface area contributed by atoms with E-state index in [0.717, 1.165) is 12.3 Å². The number of piperidine rings is 3. The first kappa shape index (κ1) is 13.4. The second kappa shape index (κ2) is 5.15. The van der Waals surface area contributed by atoms with Crippen LogP contribution in [0.5, 0.6) is 0 Å². The number of benzene rings is 1. The predicted octanol–water partition coefficient (Wildman–Crippen LogP) is 3.39. The summed E-state index contributed by atoms with van der Waals surface area (Å²) in [5.41, 5.74) is 10.5. The molecule has 112 valence electrons. The summed E-state index contributed by atoms with van der Waals surface area (Å²) in [7, 11) is 0. The number of fused-ring (bicyclic) bond motifs is 4. The van der Waals surface area contributed by atoms with Gasteiger partial charge in [0.15, 0.2) is 0 Å². The number of H-pyrrole nitrogens is 1. The van der Waals surface area contributed by atoms with Crippen molar-refractivity contribution in [2.24, 2.45) is 11.7 Å². The van der Waals surface area contributed by atoms with Crippen LogP contribution in [0, 0.1) is 5.92 Å². The molecule has 4 heterocycles. The topological polar surface area (TPSA) is 45.0 Å². The fourth-order valence-corrected chi connectivity index (χ4v) is 4.37. The number of nitrogens with zero attached hydrogens (tertiary/aromatic N) is 1. The summed E-state index contributed by atoms with van der Waals surface area (Å²) in [4.78, 5) is 6.35. The highest BCUT2D eigenvalue weighted by Crippen LogP contribution is 2.42. The zero-order valence-electron chi connectivity index (χ0n) is 12.8. The molecule has 3 saturated heterocycles. The van der Waals surface area contributed by atoms with Gasteiger partial charge in [-0.3, -0.25) is 0 Å². The molecule has 3 aliphatic heterocycles. The summed E-state index contributed by atoms with van der Waals surface area (Å²) >= 11 is 0. The van der Waals surface area contributed by atoms with E-state index in [2.05, 4.69) is 41.1 Å². The van der Waals surface area contributed by atoms with E-state index in [1.54, 1.807) is 0 Å². The minimum atomic E-state index is 0.145. The van der Waals surface area contributed by atoms with E-state index in [1.165, 1.54) is 54.6 Å². The zero-order valence-corrected chi connectivity index (χ0v) is 12.8. The molecule has 0 spiro atoms. The van der Waals surface area contributed by atoms with Crippen molar-refractivity contribution in [3.05, 3.63) is 35.5 Å². The highest BCUT2D eigenvalue weighted by Gasteiger charge is 2.37. The van der Waals surface area contributed by atoms with Gasteiger partial charge in [-0.2, -0.15) is 0 Å². The van der Waals surface area contributed by atoms with Gasteiger partial charge in [-0.15, -0.1) is 0 Å². The highest BCUT2D eigenvalue weighted by atomic mass is 15.1. The van der Waals surface area contributed by atoms with Crippen molar-refractivity contribution in [2.75, 3.05) is 19.6 Å². The molecule has 2 aromatic rings. The first-order valence-electron chi connectivity index (χ1n) is 8.36. The molecule has 0 amide bonds. The average molecular weight is 283 g/mol. The first-order valence-corrected chi connectivity index (χ1v) is 8.36. The summed E-state index contributed by atoms with van der Waals surface area (Å²) in [6.45, 7) is 5.97. The lowest BCUT2D eigenvalue weighted by Crippen LogP contribution is -2.46. The quantitative estimate of drug-likeness (QED) is 0.907. The van der Waals surface area contributed by atoms with E-state index in [1.807, 2.05) is 0 Å². The predicted molar refractivity (Wildman–Crippen MR) is 87.4 cm³/mol. The number of para-hydroxylation sites is 1. The Kier molecular flexibility index (Phi) is 3.27. The molecule has 3 heteroatoms. The zero-order chi connectivity index (χ0) is 14.4. The number of nitrogens with one attached hydrogen (secondary N) is 1. The van der Waals surface area contributed by atoms with Gasteiger partial charge in [-0.05, 0) is 49.9 Å². The van der Waals surface area contributed by atoms with Gasteiger partial charge in [-0.1, -0.05) is 25.1 Å². The van der Waals surface area contributed by atoms with Crippen molar-refractivity contribution < 1.29 is 0 Å². The molecule has 2 atom stereocenters. The third-order valence-electron chi connectivity index (χ3n) is 5.61. The van der Waals surface area contributed by atoms with Gasteiger partial charge in [-0.25, -0.2) is 0 Å². The van der Waals surface area contributed by atoms with Crippen molar-refractivity contribution in [3.63, 3.8) is 0 Å². The van der Waals surface area contributed by atoms with Crippen LogP contribution < -0.4 is 5.73 Å². The van der Waals surface area contributed by atoms with E-state index in [0.29, 0.717) is 5.92 Å². The number of nitrogens with two attached hydrogens (primary N) is 1. The molecule has 0 saturated carbocycles. The Bertz CT molecular complexity index is 637. The van der Waals surface area contributed by atoms with Crippen LogP contribution in [0.4, 0.5) is 0 Å². The van der Waals surface area contributed by atoms with Crippen LogP contribution in [-0.2, 0) is 0 Å². The molecule has 0 radical (unpaired) electrons. The van der Waals surface area contributed by atoms with E-state index in [9.17, 15) is 0 Å². The van der Waals surface area contributed by atoms with Gasteiger partial charge < -0.3 is 15.6 Å². The van der Waals surface area contributed by atoms with Crippen molar-refractivity contribution >= 4 is 10.9 Å². The molecular formula is C18H25N3. The fraction of sp³-hybridized carbons (Fsp3) is 0.556. The molecule has 3 nitrogen and oxygen atoms in total. The molecule has 3 N–H and O–H groups in total. The largest absolute Gasteiger partial charge is 0.358 e. The maximum atomic E-state index is 6.48. The standard InChI is InChI=1S/C18H25N3/c1-2-15(19)17-13-5-3-4-6-16(13)20-18(17)14-11-21-9-7-12(14)8-10-21/h3-6,12,14-15,20H,2,7-11,19H2,1H3. The highest BCUT2D eigenvalue weighted by molar-refractivity contribution is 5.85. The van der Waals surface area contributed by atoms with E-state index >= 15 is 0 Å². The first-order chi connectivity index (χ1) is 10.3. The summed E-state index contributed by atoms with van der Waals surface area (Å²) in [6.07, 6.45) is 3.69. The molecule has 2 bridgehead atoms. The van der Waals surface area contributed by atoms with E-state index in [-0.39, 0.29) is 6.04 Å². The third-order valence-corrected chi connectivity index (χ3v) is 5.61. The summed E-state index contributed by atoms with van der Waals surface area (Å²) in [5.74, 6) is 1.48. The number of hydrogen-bond donors (Lipinski definition) is 2. The number of hydrogen-bond acceptors (Lipinski definition) is 2. The van der Waals surface area contributed by atoms with Gasteiger partial charge in [0.1, 0.15) is 0 Å². The van der Waals surface area contributed by atoms with Crippen LogP contribution in [0.1, 0.15) is 49.4 Å². The lowest BCUT2D eigenvalue weighted by atomic mass is 9.76. The summed E-state index contributed by atoms with van der Waals surface area (Å²) < 4.78 is 0. The molecule has 3 aliphatic rings. The molecule has 5 rings (SSSR count). The normalized spacial score (nSPS) is 29.9. The molecule has 1 aromatic heterocycles. The molecule has 2 unspecified atom stereocenters. The second-order valence-corrected chi connectivity index (χ2v) is 6.76. The Morgan fingerprint density at radius 2 is 2.05 bits per heavy atom. The maximum absolute atomic E-state index is 6.48. The third kappa shape index (κ3) is 2.11. The van der Waals surface area contributed by atoms with Crippen LogP contribution >= 0.6 is 0 Å². The summed E-state index contributed by atoms with van der Waals surface area (Å²) in [6, 6.07) is 8.79. The Morgan fingerprint density at radius 3 is 2.71 bits per heavy atom. The van der Waals surface area contributed by atoms with Crippen LogP contribution in [-0.4, -0.2) is 29.5 Å². The van der Waals surface area contributed by atoms with Crippen LogP contribution in [0.3, 0.4) is 0 Å². The lowest BCUT2D eigenvalue weighted by Gasteiger charge is -2.45. The number of rotatable bonds is 3. The molecule has 0 aliphatic carbocycles. The Labute approximate surface area is 126 Å². The van der Waals surface area contributed by atoms with Crippen LogP contribution in [0.25, 0.3) is 10.9 Å². The minimum absolute atomic E-state index is 0.145. The maximum Gasteiger partial charge on any atom is 0.0459 e.